The highest BCUT2D eigenvalue weighted by Gasteiger charge is 2.43. The van der Waals surface area contributed by atoms with E-state index < -0.39 is 5.41 Å². The number of aromatic nitrogens is 1. The molecule has 0 spiro atoms. The number of carbonyl (C=O) groups is 1. The van der Waals surface area contributed by atoms with E-state index in [0.29, 0.717) is 13.0 Å². The molecule has 2 N–H and O–H groups in total. The van der Waals surface area contributed by atoms with Gasteiger partial charge in [-0.15, -0.1) is 0 Å². The number of nitrogens with two attached hydrogens (primary N) is 1. The van der Waals surface area contributed by atoms with Gasteiger partial charge in [0.05, 0.1) is 18.2 Å². The second kappa shape index (κ2) is 8.90. The van der Waals surface area contributed by atoms with Gasteiger partial charge >= 0.3 is 0 Å². The summed E-state index contributed by atoms with van der Waals surface area (Å²) in [7, 11) is 1.68. The summed E-state index contributed by atoms with van der Waals surface area (Å²) in [6.07, 6.45) is 1.41. The van der Waals surface area contributed by atoms with Gasteiger partial charge in [0.15, 0.2) is 0 Å². The summed E-state index contributed by atoms with van der Waals surface area (Å²) < 4.78 is 5.48. The minimum Gasteiger partial charge on any atom is -0.496 e. The number of likely N-dealkylation sites (tertiary alicyclic amines) is 1. The summed E-state index contributed by atoms with van der Waals surface area (Å²) in [6, 6.07) is 22.4. The molecule has 1 amide bonds. The highest BCUT2D eigenvalue weighted by molar-refractivity contribution is 5.82. The molecule has 2 heterocycles. The first-order valence-electron chi connectivity index (χ1n) is 10.7. The van der Waals surface area contributed by atoms with Crippen LogP contribution in [0, 0.1) is 12.3 Å². The van der Waals surface area contributed by atoms with Crippen molar-refractivity contribution in [2.45, 2.75) is 26.3 Å². The molecule has 2 aromatic carbocycles. The fourth-order valence-corrected chi connectivity index (χ4v) is 4.52. The third-order valence-corrected chi connectivity index (χ3v) is 6.20. The number of benzene rings is 2. The van der Waals surface area contributed by atoms with E-state index >= 15 is 0 Å². The topological polar surface area (TPSA) is 68.5 Å². The van der Waals surface area contributed by atoms with Crippen molar-refractivity contribution in [2.24, 2.45) is 11.1 Å². The van der Waals surface area contributed by atoms with Crippen LogP contribution in [0.15, 0.2) is 66.7 Å². The number of methoxy groups -OCH3 is 1. The Balaban J connectivity index is 1.49. The first-order valence-corrected chi connectivity index (χ1v) is 10.7. The normalized spacial score (nSPS) is 18.8. The number of carbonyl (C=O) groups excluding carboxylic acids is 1. The van der Waals surface area contributed by atoms with E-state index in [1.165, 1.54) is 0 Å². The first-order chi connectivity index (χ1) is 15.0. The van der Waals surface area contributed by atoms with Crippen LogP contribution in [-0.2, 0) is 17.8 Å². The summed E-state index contributed by atoms with van der Waals surface area (Å²) >= 11 is 0. The smallest absolute Gasteiger partial charge is 0.225 e. The summed E-state index contributed by atoms with van der Waals surface area (Å²) in [4.78, 5) is 19.4. The van der Waals surface area contributed by atoms with Crippen molar-refractivity contribution in [1.82, 2.24) is 9.88 Å². The second-order valence-corrected chi connectivity index (χ2v) is 8.45. The van der Waals surface area contributed by atoms with Gasteiger partial charge in [-0.1, -0.05) is 48.5 Å². The molecule has 1 saturated heterocycles. The molecule has 0 aliphatic carbocycles. The summed E-state index contributed by atoms with van der Waals surface area (Å²) in [6.45, 7) is 4.24. The van der Waals surface area contributed by atoms with E-state index in [9.17, 15) is 4.79 Å². The average molecular weight is 416 g/mol. The van der Waals surface area contributed by atoms with Gasteiger partial charge in [-0.3, -0.25) is 14.7 Å². The molecule has 0 radical (unpaired) electrons. The Hall–Kier alpha value is -3.18. The Morgan fingerprint density at radius 3 is 2.58 bits per heavy atom. The molecule has 3 aromatic rings. The molecule has 0 saturated carbocycles. The first kappa shape index (κ1) is 21.1. The van der Waals surface area contributed by atoms with Crippen LogP contribution < -0.4 is 10.5 Å². The number of rotatable bonds is 7. The number of primary amides is 1. The van der Waals surface area contributed by atoms with Crippen molar-refractivity contribution in [1.29, 1.82) is 0 Å². The Morgan fingerprint density at radius 2 is 1.87 bits per heavy atom. The van der Waals surface area contributed by atoms with Crippen LogP contribution in [0.4, 0.5) is 0 Å². The zero-order chi connectivity index (χ0) is 21.8. The maximum Gasteiger partial charge on any atom is 0.225 e. The summed E-state index contributed by atoms with van der Waals surface area (Å²) in [5.74, 6) is 0.626. The number of hydrogen-bond acceptors (Lipinski definition) is 4. The summed E-state index contributed by atoms with van der Waals surface area (Å²) in [5.41, 5.74) is 10.7. The van der Waals surface area contributed by atoms with E-state index in [1.54, 1.807) is 7.11 Å². The third kappa shape index (κ3) is 4.62. The Bertz CT molecular complexity index is 1060. The summed E-state index contributed by atoms with van der Waals surface area (Å²) in [5, 5.41) is 0. The van der Waals surface area contributed by atoms with Gasteiger partial charge in [-0.2, -0.15) is 0 Å². The molecule has 1 atom stereocenters. The molecule has 0 bridgehead atoms. The van der Waals surface area contributed by atoms with Crippen LogP contribution in [0.3, 0.4) is 0 Å². The van der Waals surface area contributed by atoms with Crippen molar-refractivity contribution < 1.29 is 9.53 Å². The molecule has 5 nitrogen and oxygen atoms in total. The predicted octanol–water partition coefficient (Wildman–Crippen LogP) is 3.99. The zero-order valence-electron chi connectivity index (χ0n) is 18.2. The van der Waals surface area contributed by atoms with Crippen molar-refractivity contribution in [3.63, 3.8) is 0 Å². The van der Waals surface area contributed by atoms with Crippen LogP contribution in [0.5, 0.6) is 5.75 Å². The number of hydrogen-bond donors (Lipinski definition) is 1. The molecule has 160 valence electrons. The van der Waals surface area contributed by atoms with E-state index in [-0.39, 0.29) is 5.91 Å². The number of pyridine rings is 1. The van der Waals surface area contributed by atoms with Gasteiger partial charge in [0.1, 0.15) is 5.75 Å². The minimum atomic E-state index is -0.546. The highest BCUT2D eigenvalue weighted by Crippen LogP contribution is 2.36. The fourth-order valence-electron chi connectivity index (χ4n) is 4.52. The fraction of sp³-hybridized carbons (Fsp3) is 0.308. The molecule has 31 heavy (non-hydrogen) atoms. The van der Waals surface area contributed by atoms with E-state index in [2.05, 4.69) is 34.1 Å². The van der Waals surface area contributed by atoms with Crippen molar-refractivity contribution in [3.05, 3.63) is 83.7 Å². The van der Waals surface area contributed by atoms with Gasteiger partial charge in [0, 0.05) is 24.3 Å². The third-order valence-electron chi connectivity index (χ3n) is 6.20. The van der Waals surface area contributed by atoms with E-state index in [4.69, 9.17) is 10.5 Å². The van der Waals surface area contributed by atoms with Crippen molar-refractivity contribution in [3.8, 4) is 16.9 Å². The van der Waals surface area contributed by atoms with Crippen LogP contribution >= 0.6 is 0 Å². The lowest BCUT2D eigenvalue weighted by Crippen LogP contribution is -2.41. The van der Waals surface area contributed by atoms with Gasteiger partial charge < -0.3 is 10.5 Å². The second-order valence-electron chi connectivity index (χ2n) is 8.45. The van der Waals surface area contributed by atoms with Gasteiger partial charge in [-0.25, -0.2) is 0 Å². The van der Waals surface area contributed by atoms with Gasteiger partial charge in [0.25, 0.3) is 0 Å². The zero-order valence-corrected chi connectivity index (χ0v) is 18.2. The molecular formula is C26H29N3O2. The van der Waals surface area contributed by atoms with Crippen molar-refractivity contribution >= 4 is 5.91 Å². The molecule has 5 heteroatoms. The maximum absolute atomic E-state index is 12.5. The van der Waals surface area contributed by atoms with Gasteiger partial charge in [-0.05, 0) is 55.6 Å². The van der Waals surface area contributed by atoms with Crippen LogP contribution in [0.2, 0.25) is 0 Å². The van der Waals surface area contributed by atoms with E-state index in [1.807, 2.05) is 49.4 Å². The monoisotopic (exact) mass is 415 g/mol. The maximum atomic E-state index is 12.5. The van der Waals surface area contributed by atoms with Gasteiger partial charge in [0.2, 0.25) is 5.91 Å². The van der Waals surface area contributed by atoms with E-state index in [0.717, 1.165) is 53.3 Å². The largest absolute Gasteiger partial charge is 0.496 e. The highest BCUT2D eigenvalue weighted by atomic mass is 16.5. The Morgan fingerprint density at radius 1 is 1.10 bits per heavy atom. The molecule has 1 aliphatic heterocycles. The molecule has 1 unspecified atom stereocenters. The Kier molecular flexibility index (Phi) is 6.05. The van der Waals surface area contributed by atoms with Crippen LogP contribution in [0.1, 0.15) is 23.4 Å². The number of amides is 1. The van der Waals surface area contributed by atoms with Crippen LogP contribution in [-0.4, -0.2) is 36.0 Å². The van der Waals surface area contributed by atoms with Crippen LogP contribution in [0.25, 0.3) is 11.1 Å². The average Bonchev–Trinajstić information content (AvgIpc) is 3.18. The number of para-hydroxylation sites is 1. The minimum absolute atomic E-state index is 0.221. The SMILES string of the molecule is COc1ccccc1-c1ccc(CC2(C(N)=O)CCN(Cc3cccc(C)n3)C2)cc1. The van der Waals surface area contributed by atoms with Crippen molar-refractivity contribution in [2.75, 3.05) is 20.2 Å². The lowest BCUT2D eigenvalue weighted by atomic mass is 9.80. The predicted molar refractivity (Wildman–Crippen MR) is 123 cm³/mol. The number of nitrogens with zero attached hydrogens (tertiary/aromatic N) is 2. The number of aryl methyl sites for hydroxylation is 1. The molecule has 1 aromatic heterocycles. The lowest BCUT2D eigenvalue weighted by molar-refractivity contribution is -0.127. The molecule has 1 fully saturated rings. The standard InChI is InChI=1S/C26H29N3O2/c1-19-6-5-7-22(28-19)17-29-15-14-26(18-29,25(27)30)16-20-10-12-21(13-11-20)23-8-3-4-9-24(23)31-2/h3-13H,14-18H2,1-2H3,(H2,27,30). The molecular weight excluding hydrogens is 386 g/mol. The quantitative estimate of drug-likeness (QED) is 0.634. The Labute approximate surface area is 183 Å². The molecule has 4 rings (SSSR count). The number of ether oxygens (including phenoxy) is 1. The lowest BCUT2D eigenvalue weighted by Gasteiger charge is -2.26. The molecule has 1 aliphatic rings.